The van der Waals surface area contributed by atoms with Gasteiger partial charge in [0.05, 0.1) is 17.5 Å². The number of amides is 2. The van der Waals surface area contributed by atoms with Crippen LogP contribution in [-0.2, 0) is 10.2 Å². The zero-order chi connectivity index (χ0) is 25.8. The quantitative estimate of drug-likeness (QED) is 0.477. The predicted molar refractivity (Wildman–Crippen MR) is 141 cm³/mol. The Balaban J connectivity index is 1.34. The second kappa shape index (κ2) is 10.8. The van der Waals surface area contributed by atoms with Gasteiger partial charge >= 0.3 is 0 Å². The SMILES string of the molecule is NC(c1ccc(C(=O)Nc2ccncc2)cc1)C1CCCN1C(=O)C1(c2ccc(F)cc2)CCCCC1. The Bertz CT molecular complexity index is 1220. The number of hydrogen-bond acceptors (Lipinski definition) is 4. The molecule has 0 radical (unpaired) electrons. The highest BCUT2D eigenvalue weighted by Crippen LogP contribution is 2.43. The van der Waals surface area contributed by atoms with E-state index in [0.29, 0.717) is 17.8 Å². The number of nitrogens with one attached hydrogen (secondary N) is 1. The first-order valence-electron chi connectivity index (χ1n) is 13.1. The number of nitrogens with zero attached hydrogens (tertiary/aromatic N) is 2. The Hall–Kier alpha value is -3.58. The molecule has 2 heterocycles. The second-order valence-corrected chi connectivity index (χ2v) is 10.2. The maximum Gasteiger partial charge on any atom is 0.255 e. The van der Waals surface area contributed by atoms with E-state index in [9.17, 15) is 14.0 Å². The molecule has 37 heavy (non-hydrogen) atoms. The lowest BCUT2D eigenvalue weighted by molar-refractivity contribution is -0.140. The molecule has 1 aromatic heterocycles. The molecule has 0 bridgehead atoms. The summed E-state index contributed by atoms with van der Waals surface area (Å²) in [6.45, 7) is 0.673. The molecule has 192 valence electrons. The molecule has 7 heteroatoms. The van der Waals surface area contributed by atoms with Crippen LogP contribution in [0.4, 0.5) is 10.1 Å². The summed E-state index contributed by atoms with van der Waals surface area (Å²) in [4.78, 5) is 32.7. The first-order chi connectivity index (χ1) is 18.0. The molecule has 2 amide bonds. The number of hydrogen-bond donors (Lipinski definition) is 2. The number of carbonyl (C=O) groups excluding carboxylic acids is 2. The third-order valence-corrected chi connectivity index (χ3v) is 7.98. The van der Waals surface area contributed by atoms with Crippen LogP contribution in [0.25, 0.3) is 0 Å². The van der Waals surface area contributed by atoms with Crippen LogP contribution in [0.1, 0.15) is 72.5 Å². The molecule has 1 saturated heterocycles. The minimum absolute atomic E-state index is 0.116. The molecule has 1 aliphatic heterocycles. The van der Waals surface area contributed by atoms with Crippen molar-refractivity contribution in [3.8, 4) is 0 Å². The number of likely N-dealkylation sites (tertiary alicyclic amines) is 1. The molecule has 1 aliphatic carbocycles. The number of pyridine rings is 1. The van der Waals surface area contributed by atoms with Gasteiger partial charge in [-0.05, 0) is 73.2 Å². The van der Waals surface area contributed by atoms with Gasteiger partial charge in [0.15, 0.2) is 0 Å². The minimum Gasteiger partial charge on any atom is -0.337 e. The number of halogens is 1. The van der Waals surface area contributed by atoms with Crippen LogP contribution in [0.15, 0.2) is 73.1 Å². The Labute approximate surface area is 217 Å². The third-order valence-electron chi connectivity index (χ3n) is 7.98. The molecule has 6 nitrogen and oxygen atoms in total. The fourth-order valence-electron chi connectivity index (χ4n) is 5.96. The molecule has 0 spiro atoms. The van der Waals surface area contributed by atoms with E-state index in [1.165, 1.54) is 12.1 Å². The highest BCUT2D eigenvalue weighted by Gasteiger charge is 2.47. The summed E-state index contributed by atoms with van der Waals surface area (Å²) < 4.78 is 13.7. The molecule has 2 unspecified atom stereocenters. The van der Waals surface area contributed by atoms with Crippen molar-refractivity contribution in [3.63, 3.8) is 0 Å². The average molecular weight is 501 g/mol. The molecule has 2 aliphatic rings. The second-order valence-electron chi connectivity index (χ2n) is 10.2. The van der Waals surface area contributed by atoms with Crippen LogP contribution in [0.3, 0.4) is 0 Å². The van der Waals surface area contributed by atoms with Crippen LogP contribution in [0, 0.1) is 5.82 Å². The first kappa shape index (κ1) is 25.1. The molecule has 5 rings (SSSR count). The summed E-state index contributed by atoms with van der Waals surface area (Å²) in [5, 5.41) is 2.86. The summed E-state index contributed by atoms with van der Waals surface area (Å²) in [5.41, 5.74) is 9.15. The summed E-state index contributed by atoms with van der Waals surface area (Å²) in [6, 6.07) is 16.8. The van der Waals surface area contributed by atoms with Crippen LogP contribution in [0.5, 0.6) is 0 Å². The van der Waals surface area contributed by atoms with Crippen molar-refractivity contribution in [2.75, 3.05) is 11.9 Å². The molecule has 3 aromatic rings. The molecule has 2 aromatic carbocycles. The highest BCUT2D eigenvalue weighted by molar-refractivity contribution is 6.04. The van der Waals surface area contributed by atoms with E-state index < -0.39 is 5.41 Å². The smallest absolute Gasteiger partial charge is 0.255 e. The highest BCUT2D eigenvalue weighted by atomic mass is 19.1. The Morgan fingerprint density at radius 2 is 1.62 bits per heavy atom. The lowest BCUT2D eigenvalue weighted by atomic mass is 9.68. The normalized spacial score (nSPS) is 19.8. The van der Waals surface area contributed by atoms with Crippen LogP contribution >= 0.6 is 0 Å². The molecular weight excluding hydrogens is 467 g/mol. The summed E-state index contributed by atoms with van der Waals surface area (Å²) in [7, 11) is 0. The van der Waals surface area contributed by atoms with E-state index in [2.05, 4.69) is 10.3 Å². The molecule has 3 N–H and O–H groups in total. The van der Waals surface area contributed by atoms with Crippen molar-refractivity contribution in [1.82, 2.24) is 9.88 Å². The van der Waals surface area contributed by atoms with Gasteiger partial charge in [0.2, 0.25) is 5.91 Å². The van der Waals surface area contributed by atoms with Crippen molar-refractivity contribution < 1.29 is 14.0 Å². The van der Waals surface area contributed by atoms with Gasteiger partial charge in [0, 0.05) is 30.2 Å². The van der Waals surface area contributed by atoms with Gasteiger partial charge in [-0.2, -0.15) is 0 Å². The lowest BCUT2D eigenvalue weighted by Gasteiger charge is -2.42. The van der Waals surface area contributed by atoms with Crippen LogP contribution < -0.4 is 11.1 Å². The van der Waals surface area contributed by atoms with Gasteiger partial charge in [0.25, 0.3) is 5.91 Å². The number of aromatic nitrogens is 1. The van der Waals surface area contributed by atoms with E-state index in [4.69, 9.17) is 5.73 Å². The van der Waals surface area contributed by atoms with Crippen LogP contribution in [-0.4, -0.2) is 34.3 Å². The van der Waals surface area contributed by atoms with Crippen LogP contribution in [0.2, 0.25) is 0 Å². The zero-order valence-electron chi connectivity index (χ0n) is 20.9. The number of carbonyl (C=O) groups is 2. The largest absolute Gasteiger partial charge is 0.337 e. The Morgan fingerprint density at radius 1 is 0.946 bits per heavy atom. The number of benzene rings is 2. The monoisotopic (exact) mass is 500 g/mol. The van der Waals surface area contributed by atoms with E-state index >= 15 is 0 Å². The molecule has 2 atom stereocenters. The summed E-state index contributed by atoms with van der Waals surface area (Å²) in [5.74, 6) is -0.381. The Morgan fingerprint density at radius 3 is 2.30 bits per heavy atom. The predicted octanol–water partition coefficient (Wildman–Crippen LogP) is 5.37. The van der Waals surface area contributed by atoms with Gasteiger partial charge in [-0.1, -0.05) is 43.5 Å². The van der Waals surface area contributed by atoms with Crippen molar-refractivity contribution in [1.29, 1.82) is 0 Å². The summed E-state index contributed by atoms with van der Waals surface area (Å²) in [6.07, 6.45) is 9.61. The van der Waals surface area contributed by atoms with Gasteiger partial charge in [-0.25, -0.2) is 4.39 Å². The standard InChI is InChI=1S/C30H33FN4O2/c31-24-12-10-23(11-13-24)30(16-2-1-3-17-30)29(37)35-20-4-5-26(35)27(32)21-6-8-22(9-7-21)28(36)34-25-14-18-33-19-15-25/h6-15,18-19,26-27H,1-5,16-17,20,32H2,(H,33,34,36). The fourth-order valence-corrected chi connectivity index (χ4v) is 5.96. The van der Waals surface area contributed by atoms with Gasteiger partial charge < -0.3 is 16.0 Å². The molecule has 1 saturated carbocycles. The van der Waals surface area contributed by atoms with E-state index in [-0.39, 0.29) is 29.7 Å². The maximum atomic E-state index is 14.2. The maximum absolute atomic E-state index is 14.2. The van der Waals surface area contributed by atoms with E-state index in [0.717, 1.165) is 56.1 Å². The fraction of sp³-hybridized carbons (Fsp3) is 0.367. The topological polar surface area (TPSA) is 88.3 Å². The lowest BCUT2D eigenvalue weighted by Crippen LogP contribution is -2.52. The first-order valence-corrected chi connectivity index (χ1v) is 13.1. The number of anilines is 1. The average Bonchev–Trinajstić information content (AvgIpc) is 3.43. The van der Waals surface area contributed by atoms with E-state index in [1.54, 1.807) is 48.8 Å². The zero-order valence-corrected chi connectivity index (χ0v) is 20.9. The van der Waals surface area contributed by atoms with Crippen molar-refractivity contribution >= 4 is 17.5 Å². The molecular formula is C30H33FN4O2. The van der Waals surface area contributed by atoms with Crippen molar-refractivity contribution in [3.05, 3.63) is 95.6 Å². The molecule has 2 fully saturated rings. The van der Waals surface area contributed by atoms with Gasteiger partial charge in [-0.3, -0.25) is 14.6 Å². The van der Waals surface area contributed by atoms with E-state index in [1.807, 2.05) is 17.0 Å². The van der Waals surface area contributed by atoms with Crippen molar-refractivity contribution in [2.45, 2.75) is 62.4 Å². The number of rotatable bonds is 6. The Kier molecular flexibility index (Phi) is 7.33. The number of nitrogens with two attached hydrogens (primary N) is 1. The third kappa shape index (κ3) is 5.14. The van der Waals surface area contributed by atoms with Gasteiger partial charge in [0.1, 0.15) is 5.82 Å². The van der Waals surface area contributed by atoms with Crippen molar-refractivity contribution in [2.24, 2.45) is 5.73 Å². The summed E-state index contributed by atoms with van der Waals surface area (Å²) >= 11 is 0. The van der Waals surface area contributed by atoms with Gasteiger partial charge in [-0.15, -0.1) is 0 Å². The minimum atomic E-state index is -0.622.